The van der Waals surface area contributed by atoms with Crippen LogP contribution in [0.25, 0.3) is 0 Å². The van der Waals surface area contributed by atoms with Crippen LogP contribution >= 0.6 is 0 Å². The van der Waals surface area contributed by atoms with Crippen molar-refractivity contribution >= 4 is 5.69 Å². The molecule has 5 nitrogen and oxygen atoms in total. The summed E-state index contributed by atoms with van der Waals surface area (Å²) >= 11 is 0. The molecule has 0 heterocycles. The number of aryl methyl sites for hydroxylation is 1. The van der Waals surface area contributed by atoms with E-state index in [1.165, 1.54) is 7.11 Å². The summed E-state index contributed by atoms with van der Waals surface area (Å²) in [6.07, 6.45) is 0.816. The molecule has 0 aliphatic heterocycles. The monoisotopic (exact) mass is 291 g/mol. The number of hydrogen-bond acceptors (Lipinski definition) is 4. The molecule has 0 aliphatic carbocycles. The Morgan fingerprint density at radius 2 is 1.90 bits per heavy atom. The molecule has 0 aromatic heterocycles. The van der Waals surface area contributed by atoms with E-state index in [4.69, 9.17) is 9.47 Å². The van der Waals surface area contributed by atoms with Gasteiger partial charge in [-0.2, -0.15) is 0 Å². The number of nitro benzene ring substituents is 1. The van der Waals surface area contributed by atoms with Crippen LogP contribution in [-0.2, 0) is 6.42 Å². The normalized spacial score (nSPS) is 10.2. The van der Waals surface area contributed by atoms with Crippen molar-refractivity contribution in [3.05, 3.63) is 57.9 Å². The Morgan fingerprint density at radius 3 is 2.52 bits per heavy atom. The zero-order chi connectivity index (χ0) is 15.4. The molecule has 2 aromatic carbocycles. The van der Waals surface area contributed by atoms with Crippen LogP contribution in [0.2, 0.25) is 0 Å². The Morgan fingerprint density at radius 1 is 1.14 bits per heavy atom. The van der Waals surface area contributed by atoms with Gasteiger partial charge in [-0.3, -0.25) is 10.1 Å². The summed E-state index contributed by atoms with van der Waals surface area (Å²) in [5, 5.41) is 11.0. The van der Waals surface area contributed by atoms with Crippen molar-refractivity contribution < 1.29 is 18.8 Å². The van der Waals surface area contributed by atoms with Crippen LogP contribution in [0.15, 0.2) is 36.4 Å². The molecule has 0 fully saturated rings. The molecule has 0 atom stereocenters. The standard InChI is InChI=1S/C15H14FNO4/c1-3-10-4-7-13(15(8-10)20-2)21-14-9-11(16)5-6-12(14)17(18)19/h4-9H,3H2,1-2H3. The van der Waals surface area contributed by atoms with E-state index >= 15 is 0 Å². The highest BCUT2D eigenvalue weighted by molar-refractivity contribution is 5.51. The molecule has 0 saturated heterocycles. The van der Waals surface area contributed by atoms with Crippen molar-refractivity contribution in [2.75, 3.05) is 7.11 Å². The van der Waals surface area contributed by atoms with Gasteiger partial charge in [-0.15, -0.1) is 0 Å². The van der Waals surface area contributed by atoms with E-state index in [0.717, 1.165) is 30.2 Å². The molecule has 2 rings (SSSR count). The summed E-state index contributed by atoms with van der Waals surface area (Å²) < 4.78 is 23.9. The van der Waals surface area contributed by atoms with Crippen LogP contribution < -0.4 is 9.47 Å². The lowest BCUT2D eigenvalue weighted by Gasteiger charge is -2.11. The first-order valence-corrected chi connectivity index (χ1v) is 6.34. The number of ether oxygens (including phenoxy) is 2. The number of halogens is 1. The zero-order valence-electron chi connectivity index (χ0n) is 11.6. The molecule has 0 aliphatic rings. The van der Waals surface area contributed by atoms with Gasteiger partial charge >= 0.3 is 5.69 Å². The average molecular weight is 291 g/mol. The van der Waals surface area contributed by atoms with Gasteiger partial charge in [0, 0.05) is 12.1 Å². The Balaban J connectivity index is 2.42. The van der Waals surface area contributed by atoms with Gasteiger partial charge in [0.05, 0.1) is 12.0 Å². The van der Waals surface area contributed by atoms with E-state index in [9.17, 15) is 14.5 Å². The Hall–Kier alpha value is -2.63. The lowest BCUT2D eigenvalue weighted by molar-refractivity contribution is -0.385. The van der Waals surface area contributed by atoms with Crippen LogP contribution in [0.3, 0.4) is 0 Å². The van der Waals surface area contributed by atoms with Gasteiger partial charge in [0.25, 0.3) is 0 Å². The molecular weight excluding hydrogens is 277 g/mol. The highest BCUT2D eigenvalue weighted by Crippen LogP contribution is 2.37. The van der Waals surface area contributed by atoms with Crippen molar-refractivity contribution in [1.29, 1.82) is 0 Å². The first-order chi connectivity index (χ1) is 10.0. The van der Waals surface area contributed by atoms with E-state index in [-0.39, 0.29) is 11.4 Å². The van der Waals surface area contributed by atoms with Crippen LogP contribution in [-0.4, -0.2) is 12.0 Å². The molecule has 2 aromatic rings. The van der Waals surface area contributed by atoms with E-state index < -0.39 is 10.7 Å². The molecule has 0 N–H and O–H groups in total. The average Bonchev–Trinajstić information content (AvgIpc) is 2.47. The number of nitro groups is 1. The van der Waals surface area contributed by atoms with Gasteiger partial charge < -0.3 is 9.47 Å². The number of nitrogens with zero attached hydrogens (tertiary/aromatic N) is 1. The molecule has 110 valence electrons. The molecule has 0 radical (unpaired) electrons. The molecular formula is C15H14FNO4. The lowest BCUT2D eigenvalue weighted by Crippen LogP contribution is -1.96. The largest absolute Gasteiger partial charge is 0.493 e. The minimum atomic E-state index is -0.623. The minimum Gasteiger partial charge on any atom is -0.493 e. The second kappa shape index (κ2) is 6.21. The smallest absolute Gasteiger partial charge is 0.311 e. The molecule has 0 amide bonds. The second-order valence-corrected chi connectivity index (χ2v) is 4.31. The van der Waals surface area contributed by atoms with Gasteiger partial charge in [-0.1, -0.05) is 13.0 Å². The van der Waals surface area contributed by atoms with E-state index in [0.29, 0.717) is 11.5 Å². The summed E-state index contributed by atoms with van der Waals surface area (Å²) in [5.74, 6) is -0.0430. The number of methoxy groups -OCH3 is 1. The van der Waals surface area contributed by atoms with Gasteiger partial charge in [-0.25, -0.2) is 4.39 Å². The minimum absolute atomic E-state index is 0.164. The quantitative estimate of drug-likeness (QED) is 0.614. The maximum absolute atomic E-state index is 13.3. The molecule has 6 heteroatoms. The van der Waals surface area contributed by atoms with E-state index in [1.807, 2.05) is 13.0 Å². The highest BCUT2D eigenvalue weighted by atomic mass is 19.1. The fourth-order valence-electron chi connectivity index (χ4n) is 1.86. The molecule has 0 bridgehead atoms. The SMILES string of the molecule is CCc1ccc(Oc2cc(F)ccc2[N+](=O)[O-])c(OC)c1. The van der Waals surface area contributed by atoms with Crippen LogP contribution in [0.1, 0.15) is 12.5 Å². The summed E-state index contributed by atoms with van der Waals surface area (Å²) in [4.78, 5) is 10.3. The summed E-state index contributed by atoms with van der Waals surface area (Å²) in [6.45, 7) is 1.99. The number of benzene rings is 2. The summed E-state index contributed by atoms with van der Waals surface area (Å²) in [7, 11) is 1.47. The van der Waals surface area contributed by atoms with Gasteiger partial charge in [0.2, 0.25) is 5.75 Å². The van der Waals surface area contributed by atoms with E-state index in [1.54, 1.807) is 12.1 Å². The molecule has 0 saturated carbocycles. The predicted molar refractivity (Wildman–Crippen MR) is 75.5 cm³/mol. The number of hydrogen-bond donors (Lipinski definition) is 0. The Bertz CT molecular complexity index is 673. The number of rotatable bonds is 5. The van der Waals surface area contributed by atoms with Crippen LogP contribution in [0.4, 0.5) is 10.1 Å². The molecule has 0 spiro atoms. The first-order valence-electron chi connectivity index (χ1n) is 6.34. The maximum Gasteiger partial charge on any atom is 0.311 e. The van der Waals surface area contributed by atoms with Crippen LogP contribution in [0, 0.1) is 15.9 Å². The zero-order valence-corrected chi connectivity index (χ0v) is 11.6. The van der Waals surface area contributed by atoms with Crippen molar-refractivity contribution in [3.8, 4) is 17.2 Å². The predicted octanol–water partition coefficient (Wildman–Crippen LogP) is 4.10. The van der Waals surface area contributed by atoms with E-state index in [2.05, 4.69) is 0 Å². The summed E-state index contributed by atoms with van der Waals surface area (Å²) in [5.41, 5.74) is 0.728. The third-order valence-corrected chi connectivity index (χ3v) is 2.97. The Kier molecular flexibility index (Phi) is 4.37. The maximum atomic E-state index is 13.3. The Labute approximate surface area is 121 Å². The van der Waals surface area contributed by atoms with Crippen molar-refractivity contribution in [1.82, 2.24) is 0 Å². The first kappa shape index (κ1) is 14.8. The summed E-state index contributed by atoms with van der Waals surface area (Å²) in [6, 6.07) is 8.31. The van der Waals surface area contributed by atoms with Gasteiger partial charge in [0.15, 0.2) is 11.5 Å². The van der Waals surface area contributed by atoms with Crippen molar-refractivity contribution in [3.63, 3.8) is 0 Å². The van der Waals surface area contributed by atoms with Crippen molar-refractivity contribution in [2.24, 2.45) is 0 Å². The van der Waals surface area contributed by atoms with Crippen molar-refractivity contribution in [2.45, 2.75) is 13.3 Å². The lowest BCUT2D eigenvalue weighted by atomic mass is 10.1. The molecule has 0 unspecified atom stereocenters. The van der Waals surface area contributed by atoms with Crippen LogP contribution in [0.5, 0.6) is 17.2 Å². The van der Waals surface area contributed by atoms with Gasteiger partial charge in [-0.05, 0) is 30.2 Å². The highest BCUT2D eigenvalue weighted by Gasteiger charge is 2.18. The fraction of sp³-hybridized carbons (Fsp3) is 0.200. The van der Waals surface area contributed by atoms with Gasteiger partial charge in [0.1, 0.15) is 5.82 Å². The molecule has 21 heavy (non-hydrogen) atoms. The third-order valence-electron chi connectivity index (χ3n) is 2.97. The second-order valence-electron chi connectivity index (χ2n) is 4.31. The fourth-order valence-corrected chi connectivity index (χ4v) is 1.86. The third kappa shape index (κ3) is 3.28. The topological polar surface area (TPSA) is 61.6 Å².